The van der Waals surface area contributed by atoms with Crippen LogP contribution in [0.5, 0.6) is 11.5 Å². The van der Waals surface area contributed by atoms with Gasteiger partial charge in [0.15, 0.2) is 0 Å². The maximum absolute atomic E-state index is 13.5. The second kappa shape index (κ2) is 10.8. The SMILES string of the molecule is CC(C)n1cc(C(=O)Nc2ccc(Oc3ccncc3-c3cnn(C)c3)cc2)c(=O)n(-c2ccc(F)cc2)c1=O. The molecule has 40 heavy (non-hydrogen) atoms. The van der Waals surface area contributed by atoms with Crippen molar-refractivity contribution in [1.29, 1.82) is 0 Å². The van der Waals surface area contributed by atoms with Crippen molar-refractivity contribution in [2.75, 3.05) is 5.32 Å². The number of ether oxygens (including phenoxy) is 1. The van der Waals surface area contributed by atoms with E-state index in [1.54, 1.807) is 67.5 Å². The fourth-order valence-corrected chi connectivity index (χ4v) is 4.10. The molecule has 0 bridgehead atoms. The first-order chi connectivity index (χ1) is 19.2. The van der Waals surface area contributed by atoms with Gasteiger partial charge in [0, 0.05) is 54.7 Å². The van der Waals surface area contributed by atoms with E-state index in [-0.39, 0.29) is 17.3 Å². The standard InChI is InChI=1S/C29H25FN6O4/c1-18(2)35-17-25(28(38)36(29(35)39)22-8-4-20(30)5-9-22)27(37)33-21-6-10-23(11-7-21)40-26-12-13-31-15-24(26)19-14-32-34(3)16-19/h4-18H,1-3H3,(H,33,37). The van der Waals surface area contributed by atoms with Gasteiger partial charge in [-0.05, 0) is 68.4 Å². The van der Waals surface area contributed by atoms with Crippen LogP contribution in [0.2, 0.25) is 0 Å². The van der Waals surface area contributed by atoms with Gasteiger partial charge in [-0.2, -0.15) is 5.10 Å². The number of aryl methyl sites for hydroxylation is 1. The molecule has 202 valence electrons. The number of hydrogen-bond donors (Lipinski definition) is 1. The third-order valence-electron chi connectivity index (χ3n) is 6.14. The normalized spacial score (nSPS) is 11.0. The molecule has 0 saturated heterocycles. The summed E-state index contributed by atoms with van der Waals surface area (Å²) in [6.07, 6.45) is 8.13. The number of rotatable bonds is 7. The smallest absolute Gasteiger partial charge is 0.335 e. The van der Waals surface area contributed by atoms with Gasteiger partial charge in [-0.1, -0.05) is 0 Å². The number of carbonyl (C=O) groups excluding carboxylic acids is 1. The molecule has 0 aliphatic heterocycles. The van der Waals surface area contributed by atoms with Gasteiger partial charge in [0.05, 0.1) is 11.9 Å². The highest BCUT2D eigenvalue weighted by Crippen LogP contribution is 2.32. The molecule has 0 saturated carbocycles. The lowest BCUT2D eigenvalue weighted by Gasteiger charge is -2.16. The quantitative estimate of drug-likeness (QED) is 0.324. The van der Waals surface area contributed by atoms with Crippen molar-refractivity contribution >= 4 is 11.6 Å². The molecule has 0 spiro atoms. The summed E-state index contributed by atoms with van der Waals surface area (Å²) < 4.78 is 23.3. The Hall–Kier alpha value is -5.32. The van der Waals surface area contributed by atoms with Crippen LogP contribution in [-0.2, 0) is 7.05 Å². The van der Waals surface area contributed by atoms with Crippen LogP contribution in [0.15, 0.2) is 95.2 Å². The number of anilines is 1. The first-order valence-corrected chi connectivity index (χ1v) is 12.4. The third-order valence-corrected chi connectivity index (χ3v) is 6.14. The van der Waals surface area contributed by atoms with Crippen molar-refractivity contribution in [3.63, 3.8) is 0 Å². The Balaban J connectivity index is 1.40. The highest BCUT2D eigenvalue weighted by atomic mass is 19.1. The molecule has 10 nitrogen and oxygen atoms in total. The van der Waals surface area contributed by atoms with E-state index in [1.807, 2.05) is 13.2 Å². The number of carbonyl (C=O) groups is 1. The zero-order valence-electron chi connectivity index (χ0n) is 21.9. The maximum atomic E-state index is 13.5. The van der Waals surface area contributed by atoms with Gasteiger partial charge in [0.2, 0.25) is 0 Å². The molecule has 5 aromatic rings. The van der Waals surface area contributed by atoms with Crippen molar-refractivity contribution in [3.05, 3.63) is 118 Å². The Morgan fingerprint density at radius 2 is 1.70 bits per heavy atom. The summed E-state index contributed by atoms with van der Waals surface area (Å²) in [5.41, 5.74) is 0.501. The number of amides is 1. The minimum absolute atomic E-state index is 0.156. The molecular formula is C29H25FN6O4. The summed E-state index contributed by atoms with van der Waals surface area (Å²) in [5.74, 6) is -0.116. The number of hydrogen-bond acceptors (Lipinski definition) is 6. The van der Waals surface area contributed by atoms with Gasteiger partial charge < -0.3 is 10.1 Å². The van der Waals surface area contributed by atoms with Crippen LogP contribution in [0.1, 0.15) is 30.2 Å². The molecule has 5 rings (SSSR count). The Labute approximate surface area is 227 Å². The average molecular weight is 541 g/mol. The molecule has 0 atom stereocenters. The van der Waals surface area contributed by atoms with Gasteiger partial charge >= 0.3 is 5.69 Å². The lowest BCUT2D eigenvalue weighted by atomic mass is 10.1. The van der Waals surface area contributed by atoms with Gasteiger partial charge in [-0.25, -0.2) is 13.8 Å². The van der Waals surface area contributed by atoms with Gasteiger partial charge in [-0.3, -0.25) is 23.8 Å². The van der Waals surface area contributed by atoms with Crippen molar-refractivity contribution < 1.29 is 13.9 Å². The molecule has 2 aromatic carbocycles. The van der Waals surface area contributed by atoms with Crippen molar-refractivity contribution in [2.24, 2.45) is 7.05 Å². The van der Waals surface area contributed by atoms with Crippen molar-refractivity contribution in [2.45, 2.75) is 19.9 Å². The molecule has 0 aliphatic carbocycles. The number of benzene rings is 2. The van der Waals surface area contributed by atoms with E-state index in [0.717, 1.165) is 27.8 Å². The summed E-state index contributed by atoms with van der Waals surface area (Å²) in [6.45, 7) is 3.51. The monoisotopic (exact) mass is 540 g/mol. The first kappa shape index (κ1) is 26.3. The summed E-state index contributed by atoms with van der Waals surface area (Å²) >= 11 is 0. The summed E-state index contributed by atoms with van der Waals surface area (Å²) in [7, 11) is 1.82. The van der Waals surface area contributed by atoms with Crippen LogP contribution in [-0.4, -0.2) is 29.8 Å². The Bertz CT molecular complexity index is 1800. The van der Waals surface area contributed by atoms with Crippen LogP contribution in [0.3, 0.4) is 0 Å². The van der Waals surface area contributed by atoms with Crippen LogP contribution < -0.4 is 21.3 Å². The second-order valence-electron chi connectivity index (χ2n) is 9.30. The van der Waals surface area contributed by atoms with Gasteiger partial charge in [0.25, 0.3) is 11.5 Å². The second-order valence-corrected chi connectivity index (χ2v) is 9.30. The van der Waals surface area contributed by atoms with Gasteiger partial charge in [-0.15, -0.1) is 0 Å². The number of pyridine rings is 1. The zero-order valence-corrected chi connectivity index (χ0v) is 21.9. The van der Waals surface area contributed by atoms with Gasteiger partial charge in [0.1, 0.15) is 22.9 Å². The predicted octanol–water partition coefficient (Wildman–Crippen LogP) is 4.56. The van der Waals surface area contributed by atoms with E-state index in [2.05, 4.69) is 15.4 Å². The highest BCUT2D eigenvalue weighted by molar-refractivity contribution is 6.03. The number of aromatic nitrogens is 5. The topological polar surface area (TPSA) is 113 Å². The van der Waals surface area contributed by atoms with E-state index >= 15 is 0 Å². The van der Waals surface area contributed by atoms with Crippen LogP contribution in [0, 0.1) is 5.82 Å². The Morgan fingerprint density at radius 1 is 0.975 bits per heavy atom. The lowest BCUT2D eigenvalue weighted by Crippen LogP contribution is -2.42. The van der Waals surface area contributed by atoms with E-state index in [4.69, 9.17) is 4.74 Å². The summed E-state index contributed by atoms with van der Waals surface area (Å²) in [6, 6.07) is 12.9. The van der Waals surface area contributed by atoms with Crippen LogP contribution in [0.4, 0.5) is 10.1 Å². The number of halogens is 1. The van der Waals surface area contributed by atoms with E-state index in [9.17, 15) is 18.8 Å². The number of nitrogens with zero attached hydrogens (tertiary/aromatic N) is 5. The van der Waals surface area contributed by atoms with Crippen molar-refractivity contribution in [1.82, 2.24) is 23.9 Å². The third kappa shape index (κ3) is 5.30. The molecule has 3 aromatic heterocycles. The molecule has 1 N–H and O–H groups in total. The number of nitrogens with one attached hydrogen (secondary N) is 1. The lowest BCUT2D eigenvalue weighted by molar-refractivity contribution is 0.102. The molecule has 0 unspecified atom stereocenters. The Morgan fingerprint density at radius 3 is 2.35 bits per heavy atom. The largest absolute Gasteiger partial charge is 0.457 e. The fourth-order valence-electron chi connectivity index (χ4n) is 4.10. The van der Waals surface area contributed by atoms with E-state index in [0.29, 0.717) is 17.2 Å². The summed E-state index contributed by atoms with van der Waals surface area (Å²) in [4.78, 5) is 43.7. The molecule has 0 fully saturated rings. The highest BCUT2D eigenvalue weighted by Gasteiger charge is 2.20. The van der Waals surface area contributed by atoms with Crippen LogP contribution in [0.25, 0.3) is 16.8 Å². The van der Waals surface area contributed by atoms with E-state index < -0.39 is 23.0 Å². The minimum Gasteiger partial charge on any atom is -0.457 e. The molecular weight excluding hydrogens is 515 g/mol. The first-order valence-electron chi connectivity index (χ1n) is 12.4. The molecule has 0 radical (unpaired) electrons. The van der Waals surface area contributed by atoms with E-state index in [1.165, 1.54) is 22.9 Å². The Kier molecular flexibility index (Phi) is 7.11. The predicted molar refractivity (Wildman–Crippen MR) is 148 cm³/mol. The fraction of sp³-hybridized carbons (Fsp3) is 0.138. The summed E-state index contributed by atoms with van der Waals surface area (Å²) in [5, 5.41) is 6.89. The molecule has 1 amide bonds. The van der Waals surface area contributed by atoms with Crippen LogP contribution >= 0.6 is 0 Å². The van der Waals surface area contributed by atoms with Crippen molar-refractivity contribution in [3.8, 4) is 28.3 Å². The zero-order chi connectivity index (χ0) is 28.4. The minimum atomic E-state index is -0.813. The molecule has 0 aliphatic rings. The molecule has 11 heteroatoms. The molecule has 3 heterocycles. The maximum Gasteiger partial charge on any atom is 0.335 e. The average Bonchev–Trinajstić information content (AvgIpc) is 3.37.